The lowest BCUT2D eigenvalue weighted by Crippen LogP contribution is -2.46. The Morgan fingerprint density at radius 2 is 2.17 bits per heavy atom. The monoisotopic (exact) mass is 326 g/mol. The first-order valence-corrected chi connectivity index (χ1v) is 8.14. The normalized spacial score (nSPS) is 16.8. The number of fused-ring (bicyclic) bond motifs is 1. The summed E-state index contributed by atoms with van der Waals surface area (Å²) >= 11 is 0. The third-order valence-corrected chi connectivity index (χ3v) is 4.09. The smallest absolute Gasteiger partial charge is 0.246 e. The molecule has 2 heterocycles. The maximum Gasteiger partial charge on any atom is 0.246 e. The van der Waals surface area contributed by atoms with Crippen LogP contribution in [0.5, 0.6) is 5.75 Å². The molecule has 0 aliphatic carbocycles. The molecule has 24 heavy (non-hydrogen) atoms. The molecule has 126 valence electrons. The number of anilines is 1. The molecule has 1 aromatic carbocycles. The number of amides is 1. The fraction of sp³-hybridized carbons (Fsp3) is 0.316. The van der Waals surface area contributed by atoms with Crippen molar-refractivity contribution in [2.24, 2.45) is 0 Å². The van der Waals surface area contributed by atoms with E-state index in [1.54, 1.807) is 30.4 Å². The minimum atomic E-state index is -0.0723. The second-order valence-electron chi connectivity index (χ2n) is 5.81. The summed E-state index contributed by atoms with van der Waals surface area (Å²) in [5, 5.41) is 0. The Kier molecular flexibility index (Phi) is 4.89. The standard InChI is InChI=1S/C19H22N2O3/c1-3-21-14-16(24-18-9-5-4-8-17(18)21)13-20(2)19(22)11-10-15-7-6-12-23-15/h4-12,16H,3,13-14H2,1-2H3/b11-10+/t16-/m1/s1. The topological polar surface area (TPSA) is 45.9 Å². The maximum atomic E-state index is 12.2. The van der Waals surface area contributed by atoms with Gasteiger partial charge in [0.25, 0.3) is 0 Å². The number of likely N-dealkylation sites (N-methyl/N-ethyl adjacent to an activating group) is 2. The van der Waals surface area contributed by atoms with Crippen LogP contribution in [0.3, 0.4) is 0 Å². The third kappa shape index (κ3) is 3.62. The zero-order valence-corrected chi connectivity index (χ0v) is 14.0. The summed E-state index contributed by atoms with van der Waals surface area (Å²) in [6.45, 7) is 4.34. The fourth-order valence-corrected chi connectivity index (χ4v) is 2.84. The second-order valence-corrected chi connectivity index (χ2v) is 5.81. The molecule has 1 atom stereocenters. The summed E-state index contributed by atoms with van der Waals surface area (Å²) in [7, 11) is 1.79. The van der Waals surface area contributed by atoms with Crippen molar-refractivity contribution < 1.29 is 13.9 Å². The van der Waals surface area contributed by atoms with Gasteiger partial charge >= 0.3 is 0 Å². The minimum absolute atomic E-state index is 0.0502. The van der Waals surface area contributed by atoms with Crippen molar-refractivity contribution in [3.05, 3.63) is 54.5 Å². The molecule has 0 unspecified atom stereocenters. The van der Waals surface area contributed by atoms with Crippen molar-refractivity contribution >= 4 is 17.7 Å². The van der Waals surface area contributed by atoms with E-state index in [1.807, 2.05) is 24.3 Å². The number of furan rings is 1. The lowest BCUT2D eigenvalue weighted by molar-refractivity contribution is -0.125. The summed E-state index contributed by atoms with van der Waals surface area (Å²) in [5.41, 5.74) is 1.11. The number of para-hydroxylation sites is 2. The highest BCUT2D eigenvalue weighted by Crippen LogP contribution is 2.32. The van der Waals surface area contributed by atoms with Gasteiger partial charge in [0.1, 0.15) is 17.6 Å². The molecule has 5 nitrogen and oxygen atoms in total. The molecule has 1 aromatic heterocycles. The van der Waals surface area contributed by atoms with E-state index in [0.717, 1.165) is 24.5 Å². The van der Waals surface area contributed by atoms with Crippen LogP contribution in [0.1, 0.15) is 12.7 Å². The van der Waals surface area contributed by atoms with Crippen LogP contribution in [0.15, 0.2) is 53.2 Å². The van der Waals surface area contributed by atoms with Crippen molar-refractivity contribution in [2.75, 3.05) is 31.6 Å². The number of hydrogen-bond acceptors (Lipinski definition) is 4. The van der Waals surface area contributed by atoms with Crippen LogP contribution in [0.2, 0.25) is 0 Å². The van der Waals surface area contributed by atoms with Gasteiger partial charge in [-0.15, -0.1) is 0 Å². The van der Waals surface area contributed by atoms with Crippen LogP contribution in [-0.2, 0) is 4.79 Å². The summed E-state index contributed by atoms with van der Waals surface area (Å²) in [6.07, 6.45) is 4.73. The largest absolute Gasteiger partial charge is 0.485 e. The lowest BCUT2D eigenvalue weighted by Gasteiger charge is -2.37. The van der Waals surface area contributed by atoms with E-state index >= 15 is 0 Å². The lowest BCUT2D eigenvalue weighted by atomic mass is 10.2. The van der Waals surface area contributed by atoms with Gasteiger partial charge < -0.3 is 19.0 Å². The molecule has 1 aliphatic heterocycles. The zero-order chi connectivity index (χ0) is 16.9. The van der Waals surface area contributed by atoms with E-state index in [0.29, 0.717) is 12.3 Å². The van der Waals surface area contributed by atoms with E-state index in [1.165, 1.54) is 6.08 Å². The molecule has 5 heteroatoms. The first-order valence-electron chi connectivity index (χ1n) is 8.14. The van der Waals surface area contributed by atoms with E-state index in [9.17, 15) is 4.79 Å². The maximum absolute atomic E-state index is 12.2. The average molecular weight is 326 g/mol. The summed E-state index contributed by atoms with van der Waals surface area (Å²) in [5.74, 6) is 1.47. The molecule has 0 saturated carbocycles. The van der Waals surface area contributed by atoms with Crippen LogP contribution in [0.25, 0.3) is 6.08 Å². The number of hydrogen-bond donors (Lipinski definition) is 0. The summed E-state index contributed by atoms with van der Waals surface area (Å²) in [6, 6.07) is 11.6. The van der Waals surface area contributed by atoms with Gasteiger partial charge in [-0.25, -0.2) is 0 Å². The predicted molar refractivity (Wildman–Crippen MR) is 94.1 cm³/mol. The number of nitrogens with zero attached hydrogens (tertiary/aromatic N) is 2. The molecule has 0 N–H and O–H groups in total. The Bertz CT molecular complexity index is 709. The Labute approximate surface area is 142 Å². The highest BCUT2D eigenvalue weighted by atomic mass is 16.5. The quantitative estimate of drug-likeness (QED) is 0.792. The molecule has 0 radical (unpaired) electrons. The first-order chi connectivity index (χ1) is 11.7. The summed E-state index contributed by atoms with van der Waals surface area (Å²) in [4.78, 5) is 16.2. The van der Waals surface area contributed by atoms with Gasteiger partial charge in [0, 0.05) is 19.7 Å². The van der Waals surface area contributed by atoms with Crippen molar-refractivity contribution in [1.82, 2.24) is 4.90 Å². The summed E-state index contributed by atoms with van der Waals surface area (Å²) < 4.78 is 11.2. The molecule has 0 saturated heterocycles. The molecule has 0 bridgehead atoms. The Balaban J connectivity index is 1.62. The van der Waals surface area contributed by atoms with E-state index < -0.39 is 0 Å². The van der Waals surface area contributed by atoms with Crippen LogP contribution < -0.4 is 9.64 Å². The van der Waals surface area contributed by atoms with Gasteiger partial charge in [-0.05, 0) is 37.3 Å². The van der Waals surface area contributed by atoms with Crippen molar-refractivity contribution in [2.45, 2.75) is 13.0 Å². The van der Waals surface area contributed by atoms with E-state index in [-0.39, 0.29) is 12.0 Å². The van der Waals surface area contributed by atoms with Crippen molar-refractivity contribution in [1.29, 1.82) is 0 Å². The molecule has 0 spiro atoms. The Morgan fingerprint density at radius 1 is 1.33 bits per heavy atom. The second kappa shape index (κ2) is 7.25. The number of ether oxygens (including phenoxy) is 1. The van der Waals surface area contributed by atoms with Gasteiger partial charge in [0.05, 0.1) is 25.0 Å². The molecule has 1 amide bonds. The molecule has 2 aromatic rings. The van der Waals surface area contributed by atoms with Gasteiger partial charge in [-0.2, -0.15) is 0 Å². The zero-order valence-electron chi connectivity index (χ0n) is 14.0. The van der Waals surface area contributed by atoms with Crippen LogP contribution >= 0.6 is 0 Å². The van der Waals surface area contributed by atoms with E-state index in [4.69, 9.17) is 9.15 Å². The minimum Gasteiger partial charge on any atom is -0.485 e. The number of rotatable bonds is 5. The Hall–Kier alpha value is -2.69. The van der Waals surface area contributed by atoms with Gasteiger partial charge in [-0.1, -0.05) is 12.1 Å². The number of benzene rings is 1. The first kappa shape index (κ1) is 16.2. The van der Waals surface area contributed by atoms with Crippen molar-refractivity contribution in [3.63, 3.8) is 0 Å². The van der Waals surface area contributed by atoms with Crippen LogP contribution in [-0.4, -0.2) is 43.6 Å². The van der Waals surface area contributed by atoms with Crippen molar-refractivity contribution in [3.8, 4) is 5.75 Å². The predicted octanol–water partition coefficient (Wildman–Crippen LogP) is 3.04. The molecule has 1 aliphatic rings. The van der Waals surface area contributed by atoms with Gasteiger partial charge in [-0.3, -0.25) is 4.79 Å². The SMILES string of the molecule is CCN1C[C@@H](CN(C)C(=O)/C=C/c2ccco2)Oc2ccccc21. The van der Waals surface area contributed by atoms with E-state index in [2.05, 4.69) is 17.9 Å². The molecular weight excluding hydrogens is 304 g/mol. The highest BCUT2D eigenvalue weighted by molar-refractivity contribution is 5.91. The third-order valence-electron chi connectivity index (χ3n) is 4.09. The van der Waals surface area contributed by atoms with Crippen LogP contribution in [0.4, 0.5) is 5.69 Å². The average Bonchev–Trinajstić information content (AvgIpc) is 3.12. The molecule has 0 fully saturated rings. The Morgan fingerprint density at radius 3 is 2.92 bits per heavy atom. The van der Waals surface area contributed by atoms with Crippen LogP contribution in [0, 0.1) is 0 Å². The molecular formula is C19H22N2O3. The van der Waals surface area contributed by atoms with Gasteiger partial charge in [0.15, 0.2) is 0 Å². The highest BCUT2D eigenvalue weighted by Gasteiger charge is 2.26. The fourth-order valence-electron chi connectivity index (χ4n) is 2.84. The number of carbonyl (C=O) groups is 1. The number of carbonyl (C=O) groups excluding carboxylic acids is 1. The molecule has 3 rings (SSSR count). The van der Waals surface area contributed by atoms with Gasteiger partial charge in [0.2, 0.25) is 5.91 Å².